The summed E-state index contributed by atoms with van der Waals surface area (Å²) in [6.45, 7) is 0.637. The molecule has 24 heavy (non-hydrogen) atoms. The highest BCUT2D eigenvalue weighted by molar-refractivity contribution is 8.93. The molecule has 1 aromatic carbocycles. The van der Waals surface area contributed by atoms with Crippen molar-refractivity contribution in [3.63, 3.8) is 0 Å². The van der Waals surface area contributed by atoms with Crippen LogP contribution in [-0.4, -0.2) is 62.0 Å². The van der Waals surface area contributed by atoms with Crippen LogP contribution < -0.4 is 9.47 Å². The van der Waals surface area contributed by atoms with Gasteiger partial charge in [-0.05, 0) is 24.1 Å². The van der Waals surface area contributed by atoms with E-state index >= 15 is 0 Å². The Morgan fingerprint density at radius 1 is 1.25 bits per heavy atom. The summed E-state index contributed by atoms with van der Waals surface area (Å²) in [4.78, 5) is 1.93. The van der Waals surface area contributed by atoms with Crippen LogP contribution in [0.5, 0.6) is 11.5 Å². The van der Waals surface area contributed by atoms with E-state index in [-0.39, 0.29) is 39.8 Å². The number of hydrogen-bond donors (Lipinski definition) is 1. The first kappa shape index (κ1) is 19.4. The molecule has 0 aromatic heterocycles. The summed E-state index contributed by atoms with van der Waals surface area (Å²) in [6, 6.07) is 5.70. The first-order valence-corrected chi connectivity index (χ1v) is 10.1. The average molecular weight is 437 g/mol. The third-order valence-corrected chi connectivity index (χ3v) is 7.45. The van der Waals surface area contributed by atoms with Crippen molar-refractivity contribution in [3.05, 3.63) is 23.8 Å². The zero-order chi connectivity index (χ0) is 16.6. The van der Waals surface area contributed by atoms with Gasteiger partial charge in [-0.3, -0.25) is 5.41 Å². The molecule has 0 bridgehead atoms. The number of hydrogen-bond acceptors (Lipinski definition) is 6. The molecule has 134 valence electrons. The number of benzene rings is 1. The fourth-order valence-corrected chi connectivity index (χ4v) is 6.97. The molecule has 2 heterocycles. The van der Waals surface area contributed by atoms with E-state index in [1.165, 1.54) is 11.8 Å². The van der Waals surface area contributed by atoms with Crippen molar-refractivity contribution in [1.29, 1.82) is 5.41 Å². The minimum atomic E-state index is -2.96. The zero-order valence-corrected chi connectivity index (χ0v) is 16.9. The molecular formula is C15H21BrN2O4S2. The van der Waals surface area contributed by atoms with Gasteiger partial charge >= 0.3 is 0 Å². The second-order valence-corrected chi connectivity index (χ2v) is 9.12. The van der Waals surface area contributed by atoms with Crippen molar-refractivity contribution in [3.8, 4) is 11.5 Å². The monoisotopic (exact) mass is 436 g/mol. The Morgan fingerprint density at radius 2 is 1.96 bits per heavy atom. The number of halogens is 1. The third kappa shape index (κ3) is 3.83. The molecule has 9 heteroatoms. The Kier molecular flexibility index (Phi) is 6.09. The molecule has 2 aliphatic rings. The number of rotatable bonds is 5. The Balaban J connectivity index is 0.00000208. The summed E-state index contributed by atoms with van der Waals surface area (Å²) in [6.07, 6.45) is 0.729. The van der Waals surface area contributed by atoms with Crippen molar-refractivity contribution >= 4 is 43.7 Å². The molecule has 2 aliphatic heterocycles. The predicted molar refractivity (Wildman–Crippen MR) is 102 cm³/mol. The Labute approximate surface area is 157 Å². The number of amidine groups is 1. The lowest BCUT2D eigenvalue weighted by Crippen LogP contribution is -2.38. The fourth-order valence-electron chi connectivity index (χ4n) is 3.11. The minimum Gasteiger partial charge on any atom is -0.493 e. The lowest BCUT2D eigenvalue weighted by atomic mass is 10.1. The number of thioether (sulfide) groups is 1. The van der Waals surface area contributed by atoms with Crippen molar-refractivity contribution in [2.24, 2.45) is 0 Å². The van der Waals surface area contributed by atoms with Gasteiger partial charge in [0, 0.05) is 11.8 Å². The first-order valence-electron chi connectivity index (χ1n) is 7.36. The van der Waals surface area contributed by atoms with E-state index in [2.05, 4.69) is 0 Å². The first-order chi connectivity index (χ1) is 10.9. The Bertz CT molecular complexity index is 726. The zero-order valence-electron chi connectivity index (χ0n) is 13.5. The molecule has 2 fully saturated rings. The van der Waals surface area contributed by atoms with Gasteiger partial charge in [-0.15, -0.1) is 17.0 Å². The quantitative estimate of drug-likeness (QED) is 0.759. The summed E-state index contributed by atoms with van der Waals surface area (Å²) < 4.78 is 34.1. The lowest BCUT2D eigenvalue weighted by Gasteiger charge is -2.23. The van der Waals surface area contributed by atoms with E-state index in [9.17, 15) is 8.42 Å². The van der Waals surface area contributed by atoms with E-state index in [4.69, 9.17) is 14.9 Å². The van der Waals surface area contributed by atoms with E-state index < -0.39 is 9.84 Å². The van der Waals surface area contributed by atoms with Gasteiger partial charge in [-0.25, -0.2) is 8.42 Å². The van der Waals surface area contributed by atoms with Crippen LogP contribution in [-0.2, 0) is 16.3 Å². The van der Waals surface area contributed by atoms with Gasteiger partial charge < -0.3 is 14.4 Å². The normalized spacial score (nSPS) is 24.4. The van der Waals surface area contributed by atoms with Gasteiger partial charge in [-0.2, -0.15) is 0 Å². The van der Waals surface area contributed by atoms with Crippen LogP contribution in [0.3, 0.4) is 0 Å². The van der Waals surface area contributed by atoms with Crippen LogP contribution in [0, 0.1) is 5.41 Å². The van der Waals surface area contributed by atoms with Gasteiger partial charge in [0.05, 0.1) is 31.8 Å². The number of ether oxygens (including phenoxy) is 2. The number of nitrogens with zero attached hydrogens (tertiary/aromatic N) is 1. The standard InChI is InChI=1S/C15H20N2O4S2.BrH/c1-20-12-4-3-10(7-13(12)21-2)5-6-17-11-8-23(18,19)9-14(11)22-15(17)16;/h3-4,7,11,14,16H,5-6,8-9H2,1-2H3;1H. The molecule has 1 aromatic rings. The Hall–Kier alpha value is -0.930. The molecule has 1 N–H and O–H groups in total. The van der Waals surface area contributed by atoms with E-state index in [1.54, 1.807) is 14.2 Å². The maximum Gasteiger partial charge on any atom is 0.160 e. The number of nitrogens with one attached hydrogen (secondary N) is 1. The summed E-state index contributed by atoms with van der Waals surface area (Å²) in [7, 11) is 0.238. The van der Waals surface area contributed by atoms with Gasteiger partial charge in [0.25, 0.3) is 0 Å². The molecule has 3 rings (SSSR count). The Morgan fingerprint density at radius 3 is 2.62 bits per heavy atom. The lowest BCUT2D eigenvalue weighted by molar-refractivity contribution is 0.351. The van der Waals surface area contributed by atoms with E-state index in [1.807, 2.05) is 23.1 Å². The molecule has 2 unspecified atom stereocenters. The van der Waals surface area contributed by atoms with E-state index in [0.29, 0.717) is 23.2 Å². The molecule has 0 spiro atoms. The maximum atomic E-state index is 11.8. The number of fused-ring (bicyclic) bond motifs is 1. The average Bonchev–Trinajstić information content (AvgIpc) is 2.95. The van der Waals surface area contributed by atoms with Crippen LogP contribution in [0.4, 0.5) is 0 Å². The van der Waals surface area contributed by atoms with Crippen LogP contribution in [0.15, 0.2) is 18.2 Å². The highest BCUT2D eigenvalue weighted by Gasteiger charge is 2.47. The maximum absolute atomic E-state index is 11.8. The van der Waals surface area contributed by atoms with Gasteiger partial charge in [0.1, 0.15) is 0 Å². The molecule has 2 saturated heterocycles. The summed E-state index contributed by atoms with van der Waals surface area (Å²) >= 11 is 1.38. The van der Waals surface area contributed by atoms with Crippen molar-refractivity contribution in [1.82, 2.24) is 4.90 Å². The molecular weight excluding hydrogens is 416 g/mol. The largest absolute Gasteiger partial charge is 0.493 e. The summed E-state index contributed by atoms with van der Waals surface area (Å²) in [5, 5.41) is 8.58. The fraction of sp³-hybridized carbons (Fsp3) is 0.533. The number of sulfone groups is 1. The molecule has 6 nitrogen and oxygen atoms in total. The van der Waals surface area contributed by atoms with E-state index in [0.717, 1.165) is 12.0 Å². The van der Waals surface area contributed by atoms with Crippen molar-refractivity contribution in [2.75, 3.05) is 32.3 Å². The highest BCUT2D eigenvalue weighted by atomic mass is 79.9. The summed E-state index contributed by atoms with van der Waals surface area (Å²) in [5.74, 6) is 1.72. The second kappa shape index (κ2) is 7.53. The molecule has 0 aliphatic carbocycles. The van der Waals surface area contributed by atoms with Gasteiger partial charge in [-0.1, -0.05) is 17.8 Å². The second-order valence-electron chi connectivity index (χ2n) is 5.74. The SMILES string of the molecule is Br.COc1ccc(CCN2C(=N)SC3CS(=O)(=O)CC32)cc1OC. The summed E-state index contributed by atoms with van der Waals surface area (Å²) in [5.41, 5.74) is 1.07. The molecule has 0 saturated carbocycles. The van der Waals surface area contributed by atoms with Gasteiger partial charge in [0.15, 0.2) is 26.5 Å². The minimum absolute atomic E-state index is 0. The highest BCUT2D eigenvalue weighted by Crippen LogP contribution is 2.37. The van der Waals surface area contributed by atoms with Crippen molar-refractivity contribution in [2.45, 2.75) is 17.7 Å². The van der Waals surface area contributed by atoms with Gasteiger partial charge in [0.2, 0.25) is 0 Å². The number of methoxy groups -OCH3 is 2. The molecule has 0 amide bonds. The smallest absolute Gasteiger partial charge is 0.160 e. The topological polar surface area (TPSA) is 79.7 Å². The van der Waals surface area contributed by atoms with Crippen LogP contribution in [0.25, 0.3) is 0 Å². The van der Waals surface area contributed by atoms with Crippen molar-refractivity contribution < 1.29 is 17.9 Å². The van der Waals surface area contributed by atoms with Crippen LogP contribution >= 0.6 is 28.7 Å². The predicted octanol–water partition coefficient (Wildman–Crippen LogP) is 1.97. The molecule has 2 atom stereocenters. The van der Waals surface area contributed by atoms with Crippen LogP contribution in [0.1, 0.15) is 5.56 Å². The third-order valence-electron chi connectivity index (χ3n) is 4.29. The van der Waals surface area contributed by atoms with Crippen LogP contribution in [0.2, 0.25) is 0 Å². The molecule has 0 radical (unpaired) electrons.